The Morgan fingerprint density at radius 1 is 1.21 bits per heavy atom. The molecule has 1 atom stereocenters. The first kappa shape index (κ1) is 11.2. The van der Waals surface area contributed by atoms with Gasteiger partial charge in [-0.05, 0) is 43.9 Å². The predicted molar refractivity (Wildman–Crippen MR) is 61.0 cm³/mol. The molecule has 0 saturated heterocycles. The monoisotopic (exact) mass is 192 g/mol. The molecule has 0 spiro atoms. The van der Waals surface area contributed by atoms with Crippen LogP contribution in [0, 0.1) is 20.8 Å². The van der Waals surface area contributed by atoms with Gasteiger partial charge in [-0.3, -0.25) is 11.3 Å². The maximum atomic E-state index is 5.54. The summed E-state index contributed by atoms with van der Waals surface area (Å²) < 4.78 is 0. The van der Waals surface area contributed by atoms with Gasteiger partial charge in [0.25, 0.3) is 0 Å². The minimum Gasteiger partial charge on any atom is -0.271 e. The van der Waals surface area contributed by atoms with Crippen molar-refractivity contribution in [3.63, 3.8) is 0 Å². The Hall–Kier alpha value is -0.860. The molecule has 0 aliphatic heterocycles. The fraction of sp³-hybridized carbons (Fsp3) is 0.500. The van der Waals surface area contributed by atoms with Gasteiger partial charge in [0.2, 0.25) is 0 Å². The second-order valence-electron chi connectivity index (χ2n) is 3.94. The number of nitrogens with one attached hydrogen (secondary N) is 1. The van der Waals surface area contributed by atoms with E-state index in [-0.39, 0.29) is 6.04 Å². The first-order valence-corrected chi connectivity index (χ1v) is 5.14. The van der Waals surface area contributed by atoms with Crippen LogP contribution in [0.4, 0.5) is 0 Å². The van der Waals surface area contributed by atoms with E-state index in [2.05, 4.69) is 45.3 Å². The standard InChI is InChI=1S/C12H20N2/c1-5-11(14-13)12-9(3)6-8(2)7-10(12)4/h6-7,11,14H,5,13H2,1-4H3. The molecule has 0 radical (unpaired) electrons. The number of benzene rings is 1. The average molecular weight is 192 g/mol. The van der Waals surface area contributed by atoms with E-state index in [1.165, 1.54) is 22.3 Å². The van der Waals surface area contributed by atoms with E-state index in [4.69, 9.17) is 5.84 Å². The molecule has 0 heterocycles. The van der Waals surface area contributed by atoms with Crippen molar-refractivity contribution in [3.05, 3.63) is 34.4 Å². The summed E-state index contributed by atoms with van der Waals surface area (Å²) in [4.78, 5) is 0. The largest absolute Gasteiger partial charge is 0.271 e. The summed E-state index contributed by atoms with van der Waals surface area (Å²) in [5, 5.41) is 0. The Bertz CT molecular complexity index is 291. The van der Waals surface area contributed by atoms with Crippen molar-refractivity contribution >= 4 is 0 Å². The molecule has 0 bridgehead atoms. The molecule has 14 heavy (non-hydrogen) atoms. The van der Waals surface area contributed by atoms with Gasteiger partial charge in [0.05, 0.1) is 0 Å². The fourth-order valence-electron chi connectivity index (χ4n) is 2.15. The van der Waals surface area contributed by atoms with E-state index in [9.17, 15) is 0 Å². The quantitative estimate of drug-likeness (QED) is 0.570. The molecule has 2 nitrogen and oxygen atoms in total. The topological polar surface area (TPSA) is 38.0 Å². The van der Waals surface area contributed by atoms with Crippen molar-refractivity contribution in [3.8, 4) is 0 Å². The first-order chi connectivity index (χ1) is 6.60. The average Bonchev–Trinajstić information content (AvgIpc) is 2.10. The summed E-state index contributed by atoms with van der Waals surface area (Å²) in [6, 6.07) is 4.69. The van der Waals surface area contributed by atoms with Crippen LogP contribution in [0.25, 0.3) is 0 Å². The number of hydrogen-bond donors (Lipinski definition) is 2. The summed E-state index contributed by atoms with van der Waals surface area (Å²) in [5.41, 5.74) is 8.18. The zero-order valence-electron chi connectivity index (χ0n) is 9.52. The smallest absolute Gasteiger partial charge is 0.0462 e. The number of hydrogen-bond acceptors (Lipinski definition) is 2. The molecule has 3 N–H and O–H groups in total. The summed E-state index contributed by atoms with van der Waals surface area (Å²) in [6.07, 6.45) is 1.02. The molecule has 78 valence electrons. The number of rotatable bonds is 3. The second-order valence-corrected chi connectivity index (χ2v) is 3.94. The van der Waals surface area contributed by atoms with Gasteiger partial charge in [-0.2, -0.15) is 0 Å². The van der Waals surface area contributed by atoms with Crippen LogP contribution in [0.2, 0.25) is 0 Å². The maximum Gasteiger partial charge on any atom is 0.0462 e. The molecule has 0 aliphatic carbocycles. The zero-order chi connectivity index (χ0) is 10.7. The maximum absolute atomic E-state index is 5.54. The zero-order valence-corrected chi connectivity index (χ0v) is 9.52. The Morgan fingerprint density at radius 3 is 2.07 bits per heavy atom. The third kappa shape index (κ3) is 2.14. The molecule has 2 heteroatoms. The van der Waals surface area contributed by atoms with Crippen molar-refractivity contribution in [1.29, 1.82) is 0 Å². The van der Waals surface area contributed by atoms with Crippen molar-refractivity contribution < 1.29 is 0 Å². The van der Waals surface area contributed by atoms with Crippen LogP contribution in [0.1, 0.15) is 41.6 Å². The van der Waals surface area contributed by atoms with Crippen molar-refractivity contribution in [1.82, 2.24) is 5.43 Å². The van der Waals surface area contributed by atoms with E-state index in [0.717, 1.165) is 6.42 Å². The molecule has 0 saturated carbocycles. The van der Waals surface area contributed by atoms with Gasteiger partial charge in [0.15, 0.2) is 0 Å². The molecule has 1 aromatic rings. The fourth-order valence-corrected chi connectivity index (χ4v) is 2.15. The highest BCUT2D eigenvalue weighted by Gasteiger charge is 2.12. The first-order valence-electron chi connectivity index (χ1n) is 5.14. The van der Waals surface area contributed by atoms with Gasteiger partial charge >= 0.3 is 0 Å². The normalized spacial score (nSPS) is 12.9. The van der Waals surface area contributed by atoms with Gasteiger partial charge in [0.1, 0.15) is 0 Å². The van der Waals surface area contributed by atoms with Crippen LogP contribution in [-0.4, -0.2) is 0 Å². The van der Waals surface area contributed by atoms with Crippen LogP contribution in [0.15, 0.2) is 12.1 Å². The third-order valence-corrected chi connectivity index (χ3v) is 2.70. The molecule has 0 aromatic heterocycles. The van der Waals surface area contributed by atoms with Gasteiger partial charge in [0, 0.05) is 6.04 Å². The second kappa shape index (κ2) is 4.58. The lowest BCUT2D eigenvalue weighted by molar-refractivity contribution is 0.534. The SMILES string of the molecule is CCC(NN)c1c(C)cc(C)cc1C. The summed E-state index contributed by atoms with van der Waals surface area (Å²) in [6.45, 7) is 8.56. The predicted octanol–water partition coefficient (Wildman–Crippen LogP) is 2.53. The lowest BCUT2D eigenvalue weighted by Gasteiger charge is -2.19. The molecule has 1 rings (SSSR count). The molecule has 1 unspecified atom stereocenters. The summed E-state index contributed by atoms with van der Waals surface area (Å²) in [5.74, 6) is 5.54. The van der Waals surface area contributed by atoms with E-state index in [1.54, 1.807) is 0 Å². The summed E-state index contributed by atoms with van der Waals surface area (Å²) >= 11 is 0. The van der Waals surface area contributed by atoms with Gasteiger partial charge in [-0.25, -0.2) is 0 Å². The van der Waals surface area contributed by atoms with Crippen molar-refractivity contribution in [2.24, 2.45) is 5.84 Å². The Morgan fingerprint density at radius 2 is 1.71 bits per heavy atom. The minimum absolute atomic E-state index is 0.274. The molecule has 0 aliphatic rings. The van der Waals surface area contributed by atoms with E-state index >= 15 is 0 Å². The molecule has 0 amide bonds. The van der Waals surface area contributed by atoms with Crippen LogP contribution >= 0.6 is 0 Å². The van der Waals surface area contributed by atoms with Gasteiger partial charge in [-0.1, -0.05) is 24.6 Å². The van der Waals surface area contributed by atoms with E-state index < -0.39 is 0 Å². The Labute approximate surface area is 86.5 Å². The highest BCUT2D eigenvalue weighted by atomic mass is 15.2. The highest BCUT2D eigenvalue weighted by Crippen LogP contribution is 2.24. The lowest BCUT2D eigenvalue weighted by atomic mass is 9.93. The number of aryl methyl sites for hydroxylation is 3. The third-order valence-electron chi connectivity index (χ3n) is 2.70. The minimum atomic E-state index is 0.274. The van der Waals surface area contributed by atoms with Gasteiger partial charge < -0.3 is 0 Å². The molecule has 0 fully saturated rings. The molecule has 1 aromatic carbocycles. The van der Waals surface area contributed by atoms with Gasteiger partial charge in [-0.15, -0.1) is 0 Å². The molecular formula is C12H20N2. The van der Waals surface area contributed by atoms with Crippen LogP contribution in [0.5, 0.6) is 0 Å². The van der Waals surface area contributed by atoms with E-state index in [0.29, 0.717) is 0 Å². The van der Waals surface area contributed by atoms with Crippen LogP contribution in [-0.2, 0) is 0 Å². The Kier molecular flexibility index (Phi) is 3.67. The van der Waals surface area contributed by atoms with Crippen LogP contribution in [0.3, 0.4) is 0 Å². The lowest BCUT2D eigenvalue weighted by Crippen LogP contribution is -2.28. The van der Waals surface area contributed by atoms with Crippen molar-refractivity contribution in [2.45, 2.75) is 40.2 Å². The Balaban J connectivity index is 3.19. The summed E-state index contributed by atoms with van der Waals surface area (Å²) in [7, 11) is 0. The molecular weight excluding hydrogens is 172 g/mol. The van der Waals surface area contributed by atoms with Crippen LogP contribution < -0.4 is 11.3 Å². The number of nitrogens with two attached hydrogens (primary N) is 1. The van der Waals surface area contributed by atoms with Crippen molar-refractivity contribution in [2.75, 3.05) is 0 Å². The highest BCUT2D eigenvalue weighted by molar-refractivity contribution is 5.39. The van der Waals surface area contributed by atoms with E-state index in [1.807, 2.05) is 0 Å². The number of hydrazine groups is 1.